The van der Waals surface area contributed by atoms with Crippen LogP contribution >= 0.6 is 27.5 Å². The molecule has 0 N–H and O–H groups in total. The average Bonchev–Trinajstić information content (AvgIpc) is 2.56. The Morgan fingerprint density at radius 3 is 2.50 bits per heavy atom. The van der Waals surface area contributed by atoms with Crippen molar-refractivity contribution in [3.8, 4) is 0 Å². The van der Waals surface area contributed by atoms with Gasteiger partial charge in [0.05, 0.1) is 0 Å². The molecule has 2 rings (SSSR count). The van der Waals surface area contributed by atoms with Crippen LogP contribution in [0.3, 0.4) is 0 Å². The molecule has 0 aromatic heterocycles. The summed E-state index contributed by atoms with van der Waals surface area (Å²) < 4.78 is 1.15. The van der Waals surface area contributed by atoms with E-state index in [4.69, 9.17) is 11.6 Å². The lowest BCUT2D eigenvalue weighted by atomic mass is 9.98. The van der Waals surface area contributed by atoms with Crippen LogP contribution in [0.1, 0.15) is 24.8 Å². The molecule has 1 aromatic carbocycles. The topological polar surface area (TPSA) is 0 Å². The number of hydrogen-bond acceptors (Lipinski definition) is 0. The standard InChI is InChI=1S/C12H14BrCl/c13-11-6-4-9(5-7-11)8-10-2-1-3-12(10)14/h4-7,10,12H,1-3,8H2. The summed E-state index contributed by atoms with van der Waals surface area (Å²) in [4.78, 5) is 0. The molecule has 1 aliphatic carbocycles. The highest BCUT2D eigenvalue weighted by atomic mass is 79.9. The van der Waals surface area contributed by atoms with Crippen molar-refractivity contribution in [2.45, 2.75) is 31.1 Å². The molecule has 1 fully saturated rings. The smallest absolute Gasteiger partial charge is 0.0367 e. The molecule has 76 valence electrons. The Hall–Kier alpha value is -0.0100. The normalized spacial score (nSPS) is 26.7. The number of alkyl halides is 1. The van der Waals surface area contributed by atoms with Gasteiger partial charge in [-0.3, -0.25) is 0 Å². The van der Waals surface area contributed by atoms with Gasteiger partial charge in [0.25, 0.3) is 0 Å². The molecule has 2 unspecified atom stereocenters. The SMILES string of the molecule is ClC1CCCC1Cc1ccc(Br)cc1. The molecule has 0 radical (unpaired) electrons. The van der Waals surface area contributed by atoms with Gasteiger partial charge in [0.2, 0.25) is 0 Å². The molecule has 1 aliphatic rings. The summed E-state index contributed by atoms with van der Waals surface area (Å²) in [5.74, 6) is 0.692. The third-order valence-corrected chi connectivity index (χ3v) is 4.08. The van der Waals surface area contributed by atoms with E-state index in [9.17, 15) is 0 Å². The molecular formula is C12H14BrCl. The van der Waals surface area contributed by atoms with Gasteiger partial charge in [-0.15, -0.1) is 11.6 Å². The predicted molar refractivity (Wildman–Crippen MR) is 64.8 cm³/mol. The van der Waals surface area contributed by atoms with E-state index in [1.165, 1.54) is 24.8 Å². The molecule has 0 amide bonds. The van der Waals surface area contributed by atoms with Gasteiger partial charge in [-0.25, -0.2) is 0 Å². The zero-order valence-electron chi connectivity index (χ0n) is 8.05. The molecule has 2 atom stereocenters. The third-order valence-electron chi connectivity index (χ3n) is 2.98. The Labute approximate surface area is 98.8 Å². The lowest BCUT2D eigenvalue weighted by Gasteiger charge is -2.13. The van der Waals surface area contributed by atoms with E-state index in [1.807, 2.05) is 0 Å². The highest BCUT2D eigenvalue weighted by Crippen LogP contribution is 2.32. The van der Waals surface area contributed by atoms with Gasteiger partial charge in [0, 0.05) is 9.85 Å². The second-order valence-electron chi connectivity index (χ2n) is 4.04. The van der Waals surface area contributed by atoms with Gasteiger partial charge in [-0.1, -0.05) is 34.5 Å². The van der Waals surface area contributed by atoms with Crippen LogP contribution in [0.4, 0.5) is 0 Å². The van der Waals surface area contributed by atoms with Crippen molar-refractivity contribution in [2.24, 2.45) is 5.92 Å². The van der Waals surface area contributed by atoms with Crippen LogP contribution in [0, 0.1) is 5.92 Å². The van der Waals surface area contributed by atoms with E-state index < -0.39 is 0 Å². The predicted octanol–water partition coefficient (Wildman–Crippen LogP) is 4.40. The van der Waals surface area contributed by atoms with E-state index in [1.54, 1.807) is 0 Å². The largest absolute Gasteiger partial charge is 0.123 e. The number of hydrogen-bond donors (Lipinski definition) is 0. The summed E-state index contributed by atoms with van der Waals surface area (Å²) in [5, 5.41) is 0.402. The minimum absolute atomic E-state index is 0.402. The van der Waals surface area contributed by atoms with E-state index in [-0.39, 0.29) is 0 Å². The molecule has 0 spiro atoms. The Bertz CT molecular complexity index is 294. The maximum absolute atomic E-state index is 6.25. The van der Waals surface area contributed by atoms with Crippen LogP contribution in [-0.2, 0) is 6.42 Å². The first-order chi connectivity index (χ1) is 6.75. The summed E-state index contributed by atoms with van der Waals surface area (Å²) >= 11 is 9.69. The Kier molecular flexibility index (Phi) is 3.51. The highest BCUT2D eigenvalue weighted by molar-refractivity contribution is 9.10. The van der Waals surface area contributed by atoms with Gasteiger partial charge < -0.3 is 0 Å². The van der Waals surface area contributed by atoms with Crippen molar-refractivity contribution in [3.05, 3.63) is 34.3 Å². The lowest BCUT2D eigenvalue weighted by Crippen LogP contribution is -2.09. The van der Waals surface area contributed by atoms with E-state index in [0.29, 0.717) is 11.3 Å². The summed E-state index contributed by atoms with van der Waals surface area (Å²) in [6.07, 6.45) is 4.93. The molecule has 14 heavy (non-hydrogen) atoms. The van der Waals surface area contributed by atoms with Gasteiger partial charge in [0.15, 0.2) is 0 Å². The van der Waals surface area contributed by atoms with Gasteiger partial charge in [-0.05, 0) is 42.9 Å². The van der Waals surface area contributed by atoms with Crippen molar-refractivity contribution in [1.82, 2.24) is 0 Å². The van der Waals surface area contributed by atoms with Gasteiger partial charge >= 0.3 is 0 Å². The van der Waals surface area contributed by atoms with Crippen molar-refractivity contribution < 1.29 is 0 Å². The second-order valence-corrected chi connectivity index (χ2v) is 5.51. The van der Waals surface area contributed by atoms with Crippen LogP contribution in [0.5, 0.6) is 0 Å². The zero-order valence-corrected chi connectivity index (χ0v) is 10.4. The number of benzene rings is 1. The Balaban J connectivity index is 2.00. The first kappa shape index (κ1) is 10.5. The summed E-state index contributed by atoms with van der Waals surface area (Å²) in [6.45, 7) is 0. The Morgan fingerprint density at radius 1 is 1.21 bits per heavy atom. The monoisotopic (exact) mass is 272 g/mol. The molecule has 2 heteroatoms. The number of rotatable bonds is 2. The maximum Gasteiger partial charge on any atom is 0.0367 e. The van der Waals surface area contributed by atoms with Gasteiger partial charge in [-0.2, -0.15) is 0 Å². The summed E-state index contributed by atoms with van der Waals surface area (Å²) in [7, 11) is 0. The lowest BCUT2D eigenvalue weighted by molar-refractivity contribution is 0.552. The molecule has 1 aromatic rings. The fraction of sp³-hybridized carbons (Fsp3) is 0.500. The zero-order chi connectivity index (χ0) is 9.97. The Morgan fingerprint density at radius 2 is 1.93 bits per heavy atom. The van der Waals surface area contributed by atoms with Crippen LogP contribution in [0.2, 0.25) is 0 Å². The van der Waals surface area contributed by atoms with E-state index in [0.717, 1.165) is 10.9 Å². The maximum atomic E-state index is 6.25. The fourth-order valence-corrected chi connectivity index (χ4v) is 2.78. The van der Waals surface area contributed by atoms with Crippen LogP contribution in [0.25, 0.3) is 0 Å². The number of halogens is 2. The third kappa shape index (κ3) is 2.52. The molecule has 0 bridgehead atoms. The van der Waals surface area contributed by atoms with Crippen LogP contribution in [-0.4, -0.2) is 5.38 Å². The first-order valence-corrected chi connectivity index (χ1v) is 6.37. The van der Waals surface area contributed by atoms with Crippen LogP contribution in [0.15, 0.2) is 28.7 Å². The molecule has 1 saturated carbocycles. The summed E-state index contributed by atoms with van der Waals surface area (Å²) in [6, 6.07) is 8.58. The molecule has 0 nitrogen and oxygen atoms in total. The highest BCUT2D eigenvalue weighted by Gasteiger charge is 2.24. The van der Waals surface area contributed by atoms with E-state index >= 15 is 0 Å². The van der Waals surface area contributed by atoms with Crippen LogP contribution < -0.4 is 0 Å². The fourth-order valence-electron chi connectivity index (χ4n) is 2.14. The summed E-state index contributed by atoms with van der Waals surface area (Å²) in [5.41, 5.74) is 1.41. The molecule has 0 heterocycles. The molecular weight excluding hydrogens is 259 g/mol. The van der Waals surface area contributed by atoms with E-state index in [2.05, 4.69) is 40.2 Å². The second kappa shape index (κ2) is 4.67. The quantitative estimate of drug-likeness (QED) is 0.701. The first-order valence-electron chi connectivity index (χ1n) is 5.14. The minimum atomic E-state index is 0.402. The van der Waals surface area contributed by atoms with Crippen molar-refractivity contribution in [1.29, 1.82) is 0 Å². The van der Waals surface area contributed by atoms with Crippen molar-refractivity contribution in [3.63, 3.8) is 0 Å². The van der Waals surface area contributed by atoms with Crippen molar-refractivity contribution in [2.75, 3.05) is 0 Å². The average molecular weight is 274 g/mol. The minimum Gasteiger partial charge on any atom is -0.123 e. The molecule has 0 aliphatic heterocycles. The molecule has 0 saturated heterocycles. The van der Waals surface area contributed by atoms with Crippen molar-refractivity contribution >= 4 is 27.5 Å². The van der Waals surface area contributed by atoms with Gasteiger partial charge in [0.1, 0.15) is 0 Å².